The molecule has 0 fully saturated rings. The van der Waals surface area contributed by atoms with Crippen molar-refractivity contribution in [2.24, 2.45) is 0 Å². The third kappa shape index (κ3) is 7.16. The quantitative estimate of drug-likeness (QED) is 0.186. The van der Waals surface area contributed by atoms with Crippen LogP contribution in [-0.4, -0.2) is 34.9 Å². The zero-order chi connectivity index (χ0) is 30.8. The number of fused-ring (bicyclic) bond motifs is 2. The van der Waals surface area contributed by atoms with Crippen LogP contribution in [0.5, 0.6) is 0 Å². The minimum Gasteiger partial charge on any atom is -0.444 e. The van der Waals surface area contributed by atoms with E-state index in [2.05, 4.69) is 16.8 Å². The number of nitrogens with zero attached hydrogens (tertiary/aromatic N) is 3. The first-order valence-electron chi connectivity index (χ1n) is 14.5. The summed E-state index contributed by atoms with van der Waals surface area (Å²) in [4.78, 5) is 32.9. The molecule has 4 rings (SSSR count). The van der Waals surface area contributed by atoms with Crippen LogP contribution in [0.25, 0.3) is 27.8 Å². The highest BCUT2D eigenvalue weighted by molar-refractivity contribution is 5.94. The zero-order valence-electron chi connectivity index (χ0n) is 26.3. The third-order valence-corrected chi connectivity index (χ3v) is 6.63. The van der Waals surface area contributed by atoms with Crippen LogP contribution in [0, 0.1) is 13.8 Å². The number of anilines is 2. The number of ether oxygens (including phenoxy) is 2. The molecule has 0 unspecified atom stereocenters. The van der Waals surface area contributed by atoms with E-state index in [1.54, 1.807) is 4.90 Å². The highest BCUT2D eigenvalue weighted by Gasteiger charge is 2.28. The van der Waals surface area contributed by atoms with E-state index in [4.69, 9.17) is 14.5 Å². The average molecular weight is 572 g/mol. The number of rotatable bonds is 6. The molecular weight excluding hydrogens is 528 g/mol. The monoisotopic (exact) mass is 571 g/mol. The van der Waals surface area contributed by atoms with E-state index < -0.39 is 17.3 Å². The molecule has 0 bridgehead atoms. The van der Waals surface area contributed by atoms with Crippen LogP contribution in [0.15, 0.2) is 54.6 Å². The van der Waals surface area contributed by atoms with Crippen molar-refractivity contribution >= 4 is 45.6 Å². The van der Waals surface area contributed by atoms with E-state index in [9.17, 15) is 9.59 Å². The van der Waals surface area contributed by atoms with Gasteiger partial charge in [-0.2, -0.15) is 0 Å². The largest absolute Gasteiger partial charge is 0.444 e. The molecule has 1 N–H and O–H groups in total. The van der Waals surface area contributed by atoms with Gasteiger partial charge in [0.1, 0.15) is 22.2 Å². The molecule has 3 aromatic carbocycles. The summed E-state index contributed by atoms with van der Waals surface area (Å²) in [6.45, 7) is 17.7. The molecule has 0 radical (unpaired) electrons. The van der Waals surface area contributed by atoms with Crippen molar-refractivity contribution < 1.29 is 23.6 Å². The summed E-state index contributed by atoms with van der Waals surface area (Å²) in [5, 5.41) is 2.91. The summed E-state index contributed by atoms with van der Waals surface area (Å²) in [7, 11) is 0. The SMILES string of the molecule is CCCCN(C(=O)OC(C)(C)C)c1cc2c(cc1C)nc1cc(C)c(NC(=O)OC(C)(C)C)cc1[n+]2-c1ccccc1. The molecule has 0 aliphatic heterocycles. The Labute approximate surface area is 248 Å². The van der Waals surface area contributed by atoms with E-state index in [1.807, 2.05) is 110 Å². The smallest absolute Gasteiger partial charge is 0.414 e. The Kier molecular flexibility index (Phi) is 8.76. The van der Waals surface area contributed by atoms with Crippen molar-refractivity contribution in [3.8, 4) is 5.69 Å². The van der Waals surface area contributed by atoms with Crippen molar-refractivity contribution in [2.45, 2.75) is 86.4 Å². The maximum Gasteiger partial charge on any atom is 0.414 e. The predicted octanol–water partition coefficient (Wildman–Crippen LogP) is 8.17. The second-order valence-corrected chi connectivity index (χ2v) is 12.7. The predicted molar refractivity (Wildman–Crippen MR) is 169 cm³/mol. The van der Waals surface area contributed by atoms with Crippen LogP contribution >= 0.6 is 0 Å². The molecule has 0 saturated heterocycles. The molecular formula is C34H43N4O4+. The summed E-state index contributed by atoms with van der Waals surface area (Å²) < 4.78 is 13.5. The highest BCUT2D eigenvalue weighted by atomic mass is 16.6. The summed E-state index contributed by atoms with van der Waals surface area (Å²) in [5.41, 5.74) is 6.08. The molecule has 0 atom stereocenters. The fraction of sp³-hybridized carbons (Fsp3) is 0.412. The molecule has 0 saturated carbocycles. The molecule has 1 aromatic heterocycles. The topological polar surface area (TPSA) is 84.6 Å². The van der Waals surface area contributed by atoms with Gasteiger partial charge in [0.25, 0.3) is 0 Å². The fourth-order valence-corrected chi connectivity index (χ4v) is 4.79. The Bertz CT molecular complexity index is 1620. The van der Waals surface area contributed by atoms with Crippen LogP contribution in [0.4, 0.5) is 21.0 Å². The number of hydrogen-bond donors (Lipinski definition) is 1. The van der Waals surface area contributed by atoms with E-state index in [0.717, 1.165) is 57.4 Å². The molecule has 8 nitrogen and oxygen atoms in total. The lowest BCUT2D eigenvalue weighted by Gasteiger charge is -2.28. The number of nitrogens with one attached hydrogen (secondary N) is 1. The number of amides is 2. The zero-order valence-corrected chi connectivity index (χ0v) is 26.3. The standard InChI is InChI=1S/C34H42N4O4/c1-10-11-17-37(32(40)42-34(7,8)9)28-21-30-27(19-23(28)3)35-26-18-22(2)25(36-31(39)41-33(4,5)6)20-29(26)38(30)24-15-13-12-14-16-24/h12-16,18-21H,10-11,17H2,1-9H3/p+1. The molecule has 0 spiro atoms. The van der Waals surface area contributed by atoms with E-state index >= 15 is 0 Å². The first-order valence-corrected chi connectivity index (χ1v) is 14.5. The Morgan fingerprint density at radius 1 is 0.857 bits per heavy atom. The average Bonchev–Trinajstić information content (AvgIpc) is 2.87. The number of benzene rings is 3. The van der Waals surface area contributed by atoms with Gasteiger partial charge >= 0.3 is 12.2 Å². The minimum absolute atomic E-state index is 0.377. The number of unbranched alkanes of at least 4 members (excludes halogenated alkanes) is 1. The molecule has 8 heteroatoms. The van der Waals surface area contributed by atoms with Crippen molar-refractivity contribution in [1.82, 2.24) is 4.98 Å². The fourth-order valence-electron chi connectivity index (χ4n) is 4.79. The van der Waals surface area contributed by atoms with Crippen molar-refractivity contribution in [2.75, 3.05) is 16.8 Å². The lowest BCUT2D eigenvalue weighted by atomic mass is 10.1. The summed E-state index contributed by atoms with van der Waals surface area (Å²) >= 11 is 0. The Hall–Kier alpha value is -4.20. The third-order valence-electron chi connectivity index (χ3n) is 6.63. The van der Waals surface area contributed by atoms with Gasteiger partial charge in [0.2, 0.25) is 16.7 Å². The number of aryl methyl sites for hydroxylation is 2. The molecule has 0 aliphatic rings. The van der Waals surface area contributed by atoms with Crippen LogP contribution in [0.1, 0.15) is 72.4 Å². The van der Waals surface area contributed by atoms with E-state index in [-0.39, 0.29) is 6.09 Å². The van der Waals surface area contributed by atoms with Crippen LogP contribution in [0.2, 0.25) is 0 Å². The Balaban J connectivity index is 1.97. The van der Waals surface area contributed by atoms with E-state index in [1.165, 1.54) is 0 Å². The van der Waals surface area contributed by atoms with E-state index in [0.29, 0.717) is 12.2 Å². The molecule has 2 amide bonds. The normalized spacial score (nSPS) is 11.9. The maximum absolute atomic E-state index is 13.4. The van der Waals surface area contributed by atoms with Gasteiger partial charge in [0.15, 0.2) is 0 Å². The van der Waals surface area contributed by atoms with Crippen LogP contribution < -0.4 is 14.8 Å². The van der Waals surface area contributed by atoms with Gasteiger partial charge in [-0.1, -0.05) is 31.5 Å². The first kappa shape index (κ1) is 30.8. The number of carbonyl (C=O) groups is 2. The molecule has 222 valence electrons. The Morgan fingerprint density at radius 3 is 2.05 bits per heavy atom. The van der Waals surface area contributed by atoms with Gasteiger partial charge in [0, 0.05) is 30.8 Å². The lowest BCUT2D eigenvalue weighted by molar-refractivity contribution is -0.538. The number of hydrogen-bond acceptors (Lipinski definition) is 5. The summed E-state index contributed by atoms with van der Waals surface area (Å²) in [6, 6.07) is 17.9. The molecule has 1 heterocycles. The van der Waals surface area contributed by atoms with Gasteiger partial charge < -0.3 is 9.47 Å². The summed E-state index contributed by atoms with van der Waals surface area (Å²) in [5.74, 6) is 0. The van der Waals surface area contributed by atoms with Crippen LogP contribution in [0.3, 0.4) is 0 Å². The maximum atomic E-state index is 13.4. The number of para-hydroxylation sites is 1. The lowest BCUT2D eigenvalue weighted by Crippen LogP contribution is -2.38. The minimum atomic E-state index is -0.622. The van der Waals surface area contributed by atoms with Crippen molar-refractivity contribution in [3.63, 3.8) is 0 Å². The number of carbonyl (C=O) groups excluding carboxylic acids is 2. The molecule has 4 aromatic rings. The number of aromatic nitrogens is 2. The first-order chi connectivity index (χ1) is 19.7. The van der Waals surface area contributed by atoms with Crippen molar-refractivity contribution in [1.29, 1.82) is 0 Å². The van der Waals surface area contributed by atoms with Crippen LogP contribution in [-0.2, 0) is 9.47 Å². The Morgan fingerprint density at radius 2 is 1.45 bits per heavy atom. The molecule has 0 aliphatic carbocycles. The second-order valence-electron chi connectivity index (χ2n) is 12.7. The van der Waals surface area contributed by atoms with Gasteiger partial charge in [0.05, 0.1) is 11.4 Å². The van der Waals surface area contributed by atoms with Crippen molar-refractivity contribution in [3.05, 3.63) is 65.7 Å². The van der Waals surface area contributed by atoms with Gasteiger partial charge in [-0.25, -0.2) is 14.6 Å². The highest BCUT2D eigenvalue weighted by Crippen LogP contribution is 2.30. The summed E-state index contributed by atoms with van der Waals surface area (Å²) in [6.07, 6.45) is 0.879. The molecule has 42 heavy (non-hydrogen) atoms. The van der Waals surface area contributed by atoms with Gasteiger partial charge in [-0.15, -0.1) is 4.57 Å². The van der Waals surface area contributed by atoms with Gasteiger partial charge in [-0.05, 0) is 85.1 Å². The second kappa shape index (κ2) is 12.0. The van der Waals surface area contributed by atoms with Gasteiger partial charge in [-0.3, -0.25) is 10.2 Å².